The van der Waals surface area contributed by atoms with Gasteiger partial charge >= 0.3 is 5.97 Å². The fourth-order valence-electron chi connectivity index (χ4n) is 5.59. The lowest BCUT2D eigenvalue weighted by Gasteiger charge is -2.46. The maximum Gasteiger partial charge on any atom is 0.353 e. The van der Waals surface area contributed by atoms with E-state index in [-0.39, 0.29) is 65.6 Å². The predicted molar refractivity (Wildman–Crippen MR) is 137 cm³/mol. The second-order valence-electron chi connectivity index (χ2n) is 10.3. The van der Waals surface area contributed by atoms with E-state index < -0.39 is 30.1 Å². The SMILES string of the molecule is CC(O)C1C(=O)N2C(C(=O)O)=C(SC3CNC(C(=O)N4CC(NC(=O)CC(O)CN=C(N)N)C4)C3)C(C)[C@H]12. The van der Waals surface area contributed by atoms with Crippen molar-refractivity contribution in [2.75, 3.05) is 26.2 Å². The molecule has 3 fully saturated rings. The van der Waals surface area contributed by atoms with Crippen LogP contribution in [-0.4, -0.2) is 117 Å². The molecule has 14 nitrogen and oxygen atoms in total. The predicted octanol–water partition coefficient (Wildman–Crippen LogP) is -3.04. The highest BCUT2D eigenvalue weighted by Gasteiger charge is 2.60. The van der Waals surface area contributed by atoms with E-state index in [9.17, 15) is 34.5 Å². The molecular weight excluding hydrogens is 518 g/mol. The number of carbonyl (C=O) groups excluding carboxylic acids is 3. The maximum absolute atomic E-state index is 13.0. The Morgan fingerprint density at radius 2 is 1.95 bits per heavy atom. The van der Waals surface area contributed by atoms with Gasteiger partial charge in [-0.3, -0.25) is 19.4 Å². The van der Waals surface area contributed by atoms with Crippen molar-refractivity contribution in [3.63, 3.8) is 0 Å². The van der Waals surface area contributed by atoms with Crippen LogP contribution in [0.4, 0.5) is 0 Å². The molecule has 15 heteroatoms. The quantitative estimate of drug-likeness (QED) is 0.0817. The first-order chi connectivity index (χ1) is 17.9. The molecule has 4 rings (SSSR count). The smallest absolute Gasteiger partial charge is 0.353 e. The summed E-state index contributed by atoms with van der Waals surface area (Å²) in [5.41, 5.74) is 10.4. The van der Waals surface area contributed by atoms with Crippen LogP contribution in [-0.2, 0) is 19.2 Å². The van der Waals surface area contributed by atoms with Crippen molar-refractivity contribution >= 4 is 41.4 Å². The van der Waals surface area contributed by atoms with Crippen LogP contribution in [0.15, 0.2) is 15.6 Å². The van der Waals surface area contributed by atoms with E-state index in [0.717, 1.165) is 0 Å². The molecule has 0 spiro atoms. The number of aliphatic hydroxyl groups excluding tert-OH is 2. The number of amides is 3. The number of aliphatic imine (C=N–C) groups is 1. The summed E-state index contributed by atoms with van der Waals surface area (Å²) in [7, 11) is 0. The molecule has 7 atom stereocenters. The summed E-state index contributed by atoms with van der Waals surface area (Å²) >= 11 is 1.39. The normalized spacial score (nSPS) is 30.3. The summed E-state index contributed by atoms with van der Waals surface area (Å²) in [5, 5.41) is 35.6. The van der Waals surface area contributed by atoms with Crippen molar-refractivity contribution in [2.24, 2.45) is 28.3 Å². The third kappa shape index (κ3) is 5.46. The number of carbonyl (C=O) groups is 4. The molecule has 0 aromatic rings. The Kier molecular flexibility index (Phi) is 8.20. The minimum Gasteiger partial charge on any atom is -0.477 e. The van der Waals surface area contributed by atoms with E-state index in [1.807, 2.05) is 6.92 Å². The fraction of sp³-hybridized carbons (Fsp3) is 0.696. The number of rotatable bonds is 10. The number of aliphatic hydroxyl groups is 2. The van der Waals surface area contributed by atoms with Crippen molar-refractivity contribution in [3.8, 4) is 0 Å². The summed E-state index contributed by atoms with van der Waals surface area (Å²) in [5.74, 6) is -3.00. The van der Waals surface area contributed by atoms with Gasteiger partial charge in [0.1, 0.15) is 5.70 Å². The third-order valence-electron chi connectivity index (χ3n) is 7.46. The minimum atomic E-state index is -1.17. The van der Waals surface area contributed by atoms with Gasteiger partial charge in [0.15, 0.2) is 5.96 Å². The molecule has 6 unspecified atom stereocenters. The van der Waals surface area contributed by atoms with Gasteiger partial charge in [0, 0.05) is 35.7 Å². The number of nitrogens with zero attached hydrogens (tertiary/aromatic N) is 3. The van der Waals surface area contributed by atoms with Crippen LogP contribution in [0.2, 0.25) is 0 Å². The van der Waals surface area contributed by atoms with Gasteiger partial charge in [-0.15, -0.1) is 11.8 Å². The van der Waals surface area contributed by atoms with Gasteiger partial charge in [-0.25, -0.2) is 4.79 Å². The maximum atomic E-state index is 13.0. The number of carboxylic acids is 1. The van der Waals surface area contributed by atoms with Gasteiger partial charge in [-0.1, -0.05) is 6.92 Å². The van der Waals surface area contributed by atoms with E-state index >= 15 is 0 Å². The van der Waals surface area contributed by atoms with Gasteiger partial charge < -0.3 is 47.2 Å². The molecule has 210 valence electrons. The summed E-state index contributed by atoms with van der Waals surface area (Å²) in [6.07, 6.45) is -1.52. The van der Waals surface area contributed by atoms with Gasteiger partial charge in [0.2, 0.25) is 17.7 Å². The van der Waals surface area contributed by atoms with Crippen LogP contribution in [0.3, 0.4) is 0 Å². The van der Waals surface area contributed by atoms with Crippen molar-refractivity contribution in [1.82, 2.24) is 20.4 Å². The molecule has 0 saturated carbocycles. The van der Waals surface area contributed by atoms with Crippen molar-refractivity contribution in [2.45, 2.75) is 62.3 Å². The Labute approximate surface area is 223 Å². The molecule has 4 aliphatic rings. The molecule has 3 amide bonds. The van der Waals surface area contributed by atoms with Crippen molar-refractivity contribution in [3.05, 3.63) is 10.6 Å². The first kappa shape index (κ1) is 28.1. The molecule has 0 radical (unpaired) electrons. The monoisotopic (exact) mass is 553 g/mol. The number of aliphatic carboxylic acids is 1. The first-order valence-electron chi connectivity index (χ1n) is 12.6. The Balaban J connectivity index is 1.26. The topological polar surface area (TPSA) is 224 Å². The average molecular weight is 554 g/mol. The van der Waals surface area contributed by atoms with Crippen LogP contribution >= 0.6 is 11.8 Å². The molecule has 0 aromatic carbocycles. The fourth-order valence-corrected chi connectivity index (χ4v) is 7.06. The van der Waals surface area contributed by atoms with E-state index in [1.165, 1.54) is 16.7 Å². The number of hydrogen-bond donors (Lipinski definition) is 7. The van der Waals surface area contributed by atoms with E-state index in [2.05, 4.69) is 15.6 Å². The first-order valence-corrected chi connectivity index (χ1v) is 13.5. The van der Waals surface area contributed by atoms with Gasteiger partial charge in [0.05, 0.1) is 49.2 Å². The average Bonchev–Trinajstić information content (AvgIpc) is 3.36. The Morgan fingerprint density at radius 1 is 1.26 bits per heavy atom. The molecule has 0 bridgehead atoms. The molecule has 9 N–H and O–H groups in total. The lowest BCUT2D eigenvalue weighted by atomic mass is 9.79. The standard InChI is InChI=1S/C23H35N7O7S/c1-9-17-16(10(2)31)21(35)30(17)18(22(36)37)19(9)38-13-4-14(26-6-13)20(34)29-7-11(8-29)28-15(33)3-12(32)5-27-23(24)25/h9-14,16-17,26,31-32H,3-8H2,1-2H3,(H,28,33)(H,36,37)(H4,24,25,27)/t9?,10?,12?,13?,14?,16?,17-/m1/s1. The largest absolute Gasteiger partial charge is 0.477 e. The number of thioether (sulfide) groups is 1. The molecule has 3 saturated heterocycles. The van der Waals surface area contributed by atoms with Crippen LogP contribution in [0, 0.1) is 11.8 Å². The highest BCUT2D eigenvalue weighted by molar-refractivity contribution is 8.03. The zero-order valence-corrected chi connectivity index (χ0v) is 22.1. The number of β-lactam (4-membered cyclic amide) rings is 1. The van der Waals surface area contributed by atoms with Crippen LogP contribution < -0.4 is 22.1 Å². The Morgan fingerprint density at radius 3 is 2.55 bits per heavy atom. The van der Waals surface area contributed by atoms with Crippen molar-refractivity contribution in [1.29, 1.82) is 0 Å². The van der Waals surface area contributed by atoms with Gasteiger partial charge in [-0.2, -0.15) is 0 Å². The molecule has 0 aromatic heterocycles. The molecule has 4 heterocycles. The Bertz CT molecular complexity index is 1060. The molecular formula is C23H35N7O7S. The number of nitrogens with one attached hydrogen (secondary N) is 2. The lowest BCUT2D eigenvalue weighted by molar-refractivity contribution is -0.163. The van der Waals surface area contributed by atoms with Gasteiger partial charge in [-0.05, 0) is 13.3 Å². The number of hydrogen-bond acceptors (Lipinski definition) is 9. The number of likely N-dealkylation sites (tertiary alicyclic amines) is 1. The highest BCUT2D eigenvalue weighted by Crippen LogP contribution is 2.51. The zero-order chi connectivity index (χ0) is 27.9. The van der Waals surface area contributed by atoms with E-state index in [0.29, 0.717) is 31.0 Å². The summed E-state index contributed by atoms with van der Waals surface area (Å²) in [6.45, 7) is 4.56. The molecule has 0 aliphatic carbocycles. The third-order valence-corrected chi connectivity index (χ3v) is 8.97. The number of carboxylic acid groups (broad SMARTS) is 1. The highest BCUT2D eigenvalue weighted by atomic mass is 32.2. The van der Waals surface area contributed by atoms with Gasteiger partial charge in [0.25, 0.3) is 0 Å². The zero-order valence-electron chi connectivity index (χ0n) is 21.2. The number of guanidine groups is 1. The summed E-state index contributed by atoms with van der Waals surface area (Å²) < 4.78 is 0. The number of nitrogens with two attached hydrogens (primary N) is 2. The molecule has 4 aliphatic heterocycles. The number of fused-ring (bicyclic) bond motifs is 1. The van der Waals surface area contributed by atoms with Crippen LogP contribution in [0.1, 0.15) is 26.7 Å². The summed E-state index contributed by atoms with van der Waals surface area (Å²) in [4.78, 5) is 56.8. The van der Waals surface area contributed by atoms with Crippen LogP contribution in [0.25, 0.3) is 0 Å². The van der Waals surface area contributed by atoms with E-state index in [4.69, 9.17) is 11.5 Å². The van der Waals surface area contributed by atoms with Crippen LogP contribution in [0.5, 0.6) is 0 Å². The van der Waals surface area contributed by atoms with E-state index in [1.54, 1.807) is 11.8 Å². The second-order valence-corrected chi connectivity index (χ2v) is 11.7. The second kappa shape index (κ2) is 11.1. The lowest BCUT2D eigenvalue weighted by Crippen LogP contribution is -2.63. The van der Waals surface area contributed by atoms with Crippen molar-refractivity contribution < 1.29 is 34.5 Å². The minimum absolute atomic E-state index is 0.0195. The Hall–Kier alpha value is -2.88. The summed E-state index contributed by atoms with van der Waals surface area (Å²) in [6, 6.07) is -1.01. The molecule has 38 heavy (non-hydrogen) atoms.